The molecule has 26 heavy (non-hydrogen) atoms. The zero-order chi connectivity index (χ0) is 18.2. The molecule has 0 aliphatic heterocycles. The van der Waals surface area contributed by atoms with Crippen LogP contribution in [0.5, 0.6) is 11.5 Å². The Hall–Kier alpha value is -3.38. The maximum absolute atomic E-state index is 5.53. The molecule has 0 spiro atoms. The lowest BCUT2D eigenvalue weighted by Gasteiger charge is -2.19. The van der Waals surface area contributed by atoms with E-state index in [0.717, 1.165) is 28.3 Å². The first-order valence-electron chi connectivity index (χ1n) is 8.41. The van der Waals surface area contributed by atoms with Crippen molar-refractivity contribution in [1.29, 1.82) is 0 Å². The van der Waals surface area contributed by atoms with Crippen molar-refractivity contribution < 1.29 is 9.47 Å². The first-order chi connectivity index (χ1) is 12.8. The van der Waals surface area contributed by atoms with Crippen molar-refractivity contribution in [2.45, 2.75) is 6.04 Å². The normalized spacial score (nSPS) is 11.0. The second-order valence-corrected chi connectivity index (χ2v) is 5.65. The lowest BCUT2D eigenvalue weighted by atomic mass is 10.0. The average molecular weight is 343 g/mol. The van der Waals surface area contributed by atoms with Gasteiger partial charge in [0.1, 0.15) is 17.5 Å². The third kappa shape index (κ3) is 4.17. The molecule has 0 amide bonds. The zero-order valence-electron chi connectivity index (χ0n) is 14.9. The molecular weight excluding hydrogens is 322 g/mol. The number of nitrogens with one attached hydrogen (secondary N) is 1. The van der Waals surface area contributed by atoms with E-state index in [1.165, 1.54) is 0 Å². The van der Waals surface area contributed by atoms with Crippen LogP contribution in [0.3, 0.4) is 0 Å². The van der Waals surface area contributed by atoms with Crippen LogP contribution in [0.2, 0.25) is 0 Å². The molecule has 130 valence electrons. The number of hydrogen-bond donors (Lipinski definition) is 1. The quantitative estimate of drug-likeness (QED) is 0.668. The number of ether oxygens (including phenoxy) is 2. The monoisotopic (exact) mass is 343 g/mol. The lowest BCUT2D eigenvalue weighted by molar-refractivity contribution is 0.408. The van der Waals surface area contributed by atoms with Crippen molar-refractivity contribution in [3.8, 4) is 23.3 Å². The molecule has 3 nitrogen and oxygen atoms in total. The van der Waals surface area contributed by atoms with E-state index in [0.29, 0.717) is 0 Å². The smallest absolute Gasteiger partial charge is 0.141 e. The predicted molar refractivity (Wildman–Crippen MR) is 106 cm³/mol. The molecule has 3 rings (SSSR count). The highest BCUT2D eigenvalue weighted by Gasteiger charge is 2.15. The topological polar surface area (TPSA) is 30.5 Å². The zero-order valence-corrected chi connectivity index (χ0v) is 14.9. The van der Waals surface area contributed by atoms with E-state index >= 15 is 0 Å². The highest BCUT2D eigenvalue weighted by molar-refractivity contribution is 5.60. The van der Waals surface area contributed by atoms with Gasteiger partial charge in [-0.3, -0.25) is 0 Å². The van der Waals surface area contributed by atoms with Crippen LogP contribution in [0, 0.1) is 11.8 Å². The van der Waals surface area contributed by atoms with E-state index in [9.17, 15) is 0 Å². The van der Waals surface area contributed by atoms with E-state index in [4.69, 9.17) is 9.47 Å². The minimum Gasteiger partial charge on any atom is -0.496 e. The Morgan fingerprint density at radius 2 is 1.35 bits per heavy atom. The van der Waals surface area contributed by atoms with Crippen LogP contribution >= 0.6 is 0 Å². The van der Waals surface area contributed by atoms with Gasteiger partial charge in [0, 0.05) is 11.1 Å². The van der Waals surface area contributed by atoms with Crippen LogP contribution in [-0.2, 0) is 0 Å². The summed E-state index contributed by atoms with van der Waals surface area (Å²) in [7, 11) is 3.33. The summed E-state index contributed by atoms with van der Waals surface area (Å²) in [6, 6.07) is 25.4. The third-order valence-corrected chi connectivity index (χ3v) is 3.99. The highest BCUT2D eigenvalue weighted by Crippen LogP contribution is 2.31. The summed E-state index contributed by atoms with van der Waals surface area (Å²) < 4.78 is 11.0. The molecule has 1 unspecified atom stereocenters. The number of methoxy groups -OCH3 is 2. The molecule has 1 N–H and O–H groups in total. The maximum Gasteiger partial charge on any atom is 0.141 e. The number of rotatable bonds is 5. The van der Waals surface area contributed by atoms with Crippen molar-refractivity contribution >= 4 is 5.69 Å². The van der Waals surface area contributed by atoms with E-state index < -0.39 is 0 Å². The Balaban J connectivity index is 2.00. The average Bonchev–Trinajstić information content (AvgIpc) is 2.72. The summed E-state index contributed by atoms with van der Waals surface area (Å²) in [6.45, 7) is 0. The van der Waals surface area contributed by atoms with Crippen LogP contribution in [0.4, 0.5) is 5.69 Å². The van der Waals surface area contributed by atoms with E-state index in [1.54, 1.807) is 14.2 Å². The molecule has 3 aromatic rings. The van der Waals surface area contributed by atoms with Gasteiger partial charge in [0.2, 0.25) is 0 Å². The molecule has 3 aromatic carbocycles. The third-order valence-electron chi connectivity index (χ3n) is 3.99. The number of anilines is 1. The summed E-state index contributed by atoms with van der Waals surface area (Å²) in [5.74, 6) is 8.14. The first-order valence-corrected chi connectivity index (χ1v) is 8.41. The Morgan fingerprint density at radius 1 is 0.731 bits per heavy atom. The summed E-state index contributed by atoms with van der Waals surface area (Å²) >= 11 is 0. The van der Waals surface area contributed by atoms with Gasteiger partial charge in [-0.2, -0.15) is 0 Å². The molecule has 0 saturated carbocycles. The Morgan fingerprint density at radius 3 is 2.08 bits per heavy atom. The minimum atomic E-state index is -0.248. The Kier molecular flexibility index (Phi) is 5.80. The van der Waals surface area contributed by atoms with Crippen molar-refractivity contribution in [1.82, 2.24) is 0 Å². The van der Waals surface area contributed by atoms with Gasteiger partial charge < -0.3 is 14.8 Å². The lowest BCUT2D eigenvalue weighted by Crippen LogP contribution is -2.11. The summed E-state index contributed by atoms with van der Waals surface area (Å²) in [5, 5.41) is 3.48. The molecule has 0 aliphatic rings. The van der Waals surface area contributed by atoms with Crippen LogP contribution in [0.1, 0.15) is 17.2 Å². The molecule has 0 fully saturated rings. The Labute approximate surface area is 154 Å². The molecule has 1 atom stereocenters. The van der Waals surface area contributed by atoms with Crippen molar-refractivity contribution in [2.75, 3.05) is 19.5 Å². The van der Waals surface area contributed by atoms with Gasteiger partial charge in [0.15, 0.2) is 0 Å². The first kappa shape index (κ1) is 17.4. The molecule has 0 heterocycles. The second-order valence-electron chi connectivity index (χ2n) is 5.65. The van der Waals surface area contributed by atoms with Crippen LogP contribution in [-0.4, -0.2) is 14.2 Å². The number of hydrogen-bond acceptors (Lipinski definition) is 3. The fourth-order valence-electron chi connectivity index (χ4n) is 2.69. The standard InChI is InChI=1S/C23H21NO2/c1-25-22-14-8-6-12-19(22)20(17-16-18-10-4-3-5-11-18)24-21-13-7-9-15-23(21)26-2/h3-15,20,24H,1-2H3. The highest BCUT2D eigenvalue weighted by atomic mass is 16.5. The second kappa shape index (κ2) is 8.64. The van der Waals surface area contributed by atoms with E-state index in [1.807, 2.05) is 78.9 Å². The molecule has 0 radical (unpaired) electrons. The van der Waals surface area contributed by atoms with Gasteiger partial charge in [-0.05, 0) is 30.3 Å². The minimum absolute atomic E-state index is 0.248. The van der Waals surface area contributed by atoms with Gasteiger partial charge in [-0.15, -0.1) is 0 Å². The molecule has 3 heteroatoms. The largest absolute Gasteiger partial charge is 0.496 e. The van der Waals surface area contributed by atoms with Crippen LogP contribution < -0.4 is 14.8 Å². The van der Waals surface area contributed by atoms with Gasteiger partial charge in [0.25, 0.3) is 0 Å². The summed E-state index contributed by atoms with van der Waals surface area (Å²) in [4.78, 5) is 0. The van der Waals surface area contributed by atoms with Gasteiger partial charge in [-0.1, -0.05) is 60.4 Å². The summed E-state index contributed by atoms with van der Waals surface area (Å²) in [6.07, 6.45) is 0. The molecular formula is C23H21NO2. The van der Waals surface area contributed by atoms with Crippen molar-refractivity contribution in [3.05, 3.63) is 90.0 Å². The van der Waals surface area contributed by atoms with Crippen molar-refractivity contribution in [2.24, 2.45) is 0 Å². The molecule has 0 aromatic heterocycles. The van der Waals surface area contributed by atoms with E-state index in [-0.39, 0.29) is 6.04 Å². The van der Waals surface area contributed by atoms with Gasteiger partial charge in [-0.25, -0.2) is 0 Å². The number of benzene rings is 3. The molecule has 0 bridgehead atoms. The van der Waals surface area contributed by atoms with E-state index in [2.05, 4.69) is 17.2 Å². The van der Waals surface area contributed by atoms with Crippen LogP contribution in [0.15, 0.2) is 78.9 Å². The fraction of sp³-hybridized carbons (Fsp3) is 0.130. The molecule has 0 saturated heterocycles. The van der Waals surface area contributed by atoms with Crippen LogP contribution in [0.25, 0.3) is 0 Å². The maximum atomic E-state index is 5.53. The fourth-order valence-corrected chi connectivity index (χ4v) is 2.69. The predicted octanol–water partition coefficient (Wildman–Crippen LogP) is 4.91. The Bertz CT molecular complexity index is 910. The summed E-state index contributed by atoms with van der Waals surface area (Å²) in [5.41, 5.74) is 2.83. The SMILES string of the molecule is COc1ccccc1NC(C#Cc1ccccc1)c1ccccc1OC. The number of para-hydroxylation sites is 3. The van der Waals surface area contributed by atoms with Crippen molar-refractivity contribution in [3.63, 3.8) is 0 Å². The van der Waals surface area contributed by atoms with Gasteiger partial charge >= 0.3 is 0 Å². The van der Waals surface area contributed by atoms with Gasteiger partial charge in [0.05, 0.1) is 19.9 Å². The molecule has 0 aliphatic carbocycles.